The Morgan fingerprint density at radius 3 is 1.39 bits per heavy atom. The van der Waals surface area contributed by atoms with Gasteiger partial charge < -0.3 is 29.6 Å². The normalized spacial score (nSPS) is 12.4. The first-order valence-electron chi connectivity index (χ1n) is 11.1. The molecule has 0 saturated heterocycles. The van der Waals surface area contributed by atoms with E-state index in [0.29, 0.717) is 26.4 Å². The van der Waals surface area contributed by atoms with E-state index in [2.05, 4.69) is 0 Å². The van der Waals surface area contributed by atoms with Gasteiger partial charge in [0.1, 0.15) is 11.8 Å². The van der Waals surface area contributed by atoms with Crippen molar-refractivity contribution in [3.8, 4) is 0 Å². The van der Waals surface area contributed by atoms with Gasteiger partial charge >= 0.3 is 6.03 Å². The van der Waals surface area contributed by atoms with E-state index in [1.165, 1.54) is 12.1 Å². The lowest BCUT2D eigenvalue weighted by Crippen LogP contribution is -2.37. The van der Waals surface area contributed by atoms with E-state index in [-0.39, 0.29) is 17.9 Å². The number of primary amides is 1. The molecular formula is C19H44N2O5Si2. The van der Waals surface area contributed by atoms with E-state index in [9.17, 15) is 4.79 Å². The summed E-state index contributed by atoms with van der Waals surface area (Å²) < 4.78 is 22.4. The van der Waals surface area contributed by atoms with Gasteiger partial charge in [0.25, 0.3) is 0 Å². The summed E-state index contributed by atoms with van der Waals surface area (Å²) in [6.45, 7) is 12.3. The molecule has 9 heteroatoms. The molecule has 0 aromatic heterocycles. The third kappa shape index (κ3) is 15.5. The lowest BCUT2D eigenvalue weighted by atomic mass is 10.3. The van der Waals surface area contributed by atoms with Gasteiger partial charge in [0.05, 0.1) is 19.0 Å². The second-order valence-corrected chi connectivity index (χ2v) is 10.6. The van der Waals surface area contributed by atoms with Gasteiger partial charge in [-0.1, -0.05) is 24.9 Å². The van der Waals surface area contributed by atoms with Crippen molar-refractivity contribution in [1.29, 1.82) is 0 Å². The lowest BCUT2D eigenvalue weighted by molar-refractivity contribution is -0.0830. The van der Waals surface area contributed by atoms with Crippen molar-refractivity contribution in [2.75, 3.05) is 39.5 Å². The molecule has 0 aromatic rings. The number of hydrogen-bond acceptors (Lipinski definition) is 5. The highest BCUT2D eigenvalue weighted by Gasteiger charge is 2.12. The molecule has 28 heavy (non-hydrogen) atoms. The molecule has 0 unspecified atom stereocenters. The van der Waals surface area contributed by atoms with Crippen LogP contribution in [0.4, 0.5) is 4.79 Å². The van der Waals surface area contributed by atoms with E-state index in [1.54, 1.807) is 4.90 Å². The van der Waals surface area contributed by atoms with Crippen LogP contribution in [-0.2, 0) is 18.9 Å². The van der Waals surface area contributed by atoms with Crippen LogP contribution in [0.3, 0.4) is 0 Å². The molecule has 0 bridgehead atoms. The molecule has 0 atom stereocenters. The van der Waals surface area contributed by atoms with E-state index in [0.717, 1.165) is 38.8 Å². The Morgan fingerprint density at radius 2 is 1.11 bits per heavy atom. The average molecular weight is 437 g/mol. The van der Waals surface area contributed by atoms with Crippen LogP contribution in [0.25, 0.3) is 0 Å². The zero-order valence-corrected chi connectivity index (χ0v) is 21.4. The molecule has 0 radical (unpaired) electrons. The molecule has 0 aliphatic heterocycles. The van der Waals surface area contributed by atoms with E-state index < -0.39 is 19.0 Å². The molecule has 0 rings (SSSR count). The Morgan fingerprint density at radius 1 is 0.750 bits per heavy atom. The summed E-state index contributed by atoms with van der Waals surface area (Å²) in [6, 6.07) is 2.02. The summed E-state index contributed by atoms with van der Waals surface area (Å²) >= 11 is 0. The van der Waals surface area contributed by atoms with Gasteiger partial charge in [0.15, 0.2) is 0 Å². The number of nitrogens with zero attached hydrogens (tertiary/aromatic N) is 1. The van der Waals surface area contributed by atoms with Crippen molar-refractivity contribution in [1.82, 2.24) is 4.90 Å². The summed E-state index contributed by atoms with van der Waals surface area (Å²) in [5.74, 6) is 0.0622. The van der Waals surface area contributed by atoms with Gasteiger partial charge in [-0.05, 0) is 40.5 Å². The molecule has 2 N–H and O–H groups in total. The third-order valence-electron chi connectivity index (χ3n) is 4.46. The van der Waals surface area contributed by atoms with Crippen LogP contribution in [0, 0.1) is 0 Å². The number of carbonyl (C=O) groups is 1. The number of carbonyl (C=O) groups excluding carboxylic acids is 1. The van der Waals surface area contributed by atoms with Crippen LogP contribution in [0.5, 0.6) is 0 Å². The maximum Gasteiger partial charge on any atom is 0.314 e. The number of rotatable bonds is 20. The van der Waals surface area contributed by atoms with Crippen LogP contribution in [0.1, 0.15) is 53.4 Å². The Balaban J connectivity index is 3.90. The van der Waals surface area contributed by atoms with Crippen LogP contribution < -0.4 is 5.73 Å². The summed E-state index contributed by atoms with van der Waals surface area (Å²) in [7, 11) is -0.798. The van der Waals surface area contributed by atoms with E-state index in [4.69, 9.17) is 24.7 Å². The Bertz CT molecular complexity index is 329. The quantitative estimate of drug-likeness (QED) is 0.179. The molecule has 0 fully saturated rings. The number of nitrogens with two attached hydrogens (primary N) is 1. The highest BCUT2D eigenvalue weighted by molar-refractivity contribution is 6.36. The number of hydrogen-bond donors (Lipinski definition) is 1. The van der Waals surface area contributed by atoms with Crippen molar-refractivity contribution < 1.29 is 23.7 Å². The fraction of sp³-hybridized carbons (Fsp3) is 0.947. The standard InChI is InChI=1S/C19H44N2O5Si2/c1-5-23-18(24-6-2)27-15-11-9-13-21(17(20)22)14-10-12-16-28-19(25-7-3)26-8-4/h18-19H,5-16,27-28H2,1-4H3,(H2,20,22). The first-order valence-corrected chi connectivity index (χ1v) is 14.7. The van der Waals surface area contributed by atoms with Gasteiger partial charge in [0.2, 0.25) is 0 Å². The summed E-state index contributed by atoms with van der Waals surface area (Å²) in [5, 5.41) is 0. The minimum Gasteiger partial charge on any atom is -0.357 e. The van der Waals surface area contributed by atoms with Crippen molar-refractivity contribution in [2.24, 2.45) is 5.73 Å². The van der Waals surface area contributed by atoms with Gasteiger partial charge in [-0.2, -0.15) is 0 Å². The molecular weight excluding hydrogens is 392 g/mol. The topological polar surface area (TPSA) is 83.2 Å². The fourth-order valence-corrected chi connectivity index (χ4v) is 6.65. The Kier molecular flexibility index (Phi) is 19.5. The SMILES string of the molecule is CCOC(OCC)[SiH2]CCCCN(CCCC[SiH2]C(OCC)OCC)C(N)=O. The molecule has 0 aliphatic rings. The minimum atomic E-state index is -0.399. The maximum absolute atomic E-state index is 11.7. The fourth-order valence-electron chi connectivity index (χ4n) is 3.09. The molecule has 2 amide bonds. The van der Waals surface area contributed by atoms with Gasteiger partial charge in [0, 0.05) is 39.5 Å². The highest BCUT2D eigenvalue weighted by atomic mass is 28.2. The monoisotopic (exact) mass is 436 g/mol. The first-order chi connectivity index (χ1) is 13.6. The van der Waals surface area contributed by atoms with Crippen LogP contribution in [0.2, 0.25) is 12.1 Å². The van der Waals surface area contributed by atoms with Crippen molar-refractivity contribution in [3.05, 3.63) is 0 Å². The Hall–Kier alpha value is -0.456. The first kappa shape index (κ1) is 27.5. The lowest BCUT2D eigenvalue weighted by Gasteiger charge is -2.21. The highest BCUT2D eigenvalue weighted by Crippen LogP contribution is 2.06. The number of unbranched alkanes of at least 4 members (excludes halogenated alkanes) is 2. The predicted octanol–water partition coefficient (Wildman–Crippen LogP) is 1.81. The minimum absolute atomic E-state index is 0.0311. The molecule has 168 valence electrons. The smallest absolute Gasteiger partial charge is 0.314 e. The third-order valence-corrected chi connectivity index (χ3v) is 8.16. The summed E-state index contributed by atoms with van der Waals surface area (Å²) in [5.41, 5.74) is 5.55. The molecule has 0 heterocycles. The number of amides is 2. The van der Waals surface area contributed by atoms with Crippen LogP contribution >= 0.6 is 0 Å². The average Bonchev–Trinajstić information content (AvgIpc) is 2.66. The van der Waals surface area contributed by atoms with Crippen LogP contribution in [0.15, 0.2) is 0 Å². The largest absolute Gasteiger partial charge is 0.357 e. The zero-order chi connectivity index (χ0) is 21.0. The second kappa shape index (κ2) is 19.8. The second-order valence-electron chi connectivity index (χ2n) is 6.70. The molecule has 0 aromatic carbocycles. The maximum atomic E-state index is 11.7. The van der Waals surface area contributed by atoms with E-state index in [1.807, 2.05) is 27.7 Å². The number of urea groups is 1. The molecule has 7 nitrogen and oxygen atoms in total. The Labute approximate surface area is 176 Å². The van der Waals surface area contributed by atoms with Gasteiger partial charge in [-0.15, -0.1) is 0 Å². The van der Waals surface area contributed by atoms with Crippen molar-refractivity contribution in [3.63, 3.8) is 0 Å². The molecule has 0 spiro atoms. The van der Waals surface area contributed by atoms with E-state index >= 15 is 0 Å². The van der Waals surface area contributed by atoms with Gasteiger partial charge in [-0.25, -0.2) is 4.79 Å². The molecule has 0 aliphatic carbocycles. The van der Waals surface area contributed by atoms with Crippen LogP contribution in [-0.4, -0.2) is 81.3 Å². The molecule has 0 saturated carbocycles. The van der Waals surface area contributed by atoms with Crippen molar-refractivity contribution >= 4 is 25.1 Å². The zero-order valence-electron chi connectivity index (χ0n) is 18.6. The summed E-state index contributed by atoms with van der Waals surface area (Å²) in [6.07, 6.45) is 4.19. The number of ether oxygens (including phenoxy) is 4. The summed E-state index contributed by atoms with van der Waals surface area (Å²) in [4.78, 5) is 13.5. The van der Waals surface area contributed by atoms with Gasteiger partial charge in [-0.3, -0.25) is 0 Å². The predicted molar refractivity (Wildman–Crippen MR) is 120 cm³/mol. The van der Waals surface area contributed by atoms with Crippen molar-refractivity contribution in [2.45, 2.75) is 77.3 Å².